The van der Waals surface area contributed by atoms with Crippen molar-refractivity contribution in [2.75, 3.05) is 5.33 Å². The number of hydrogen-bond acceptors (Lipinski definition) is 2. The van der Waals surface area contributed by atoms with Crippen molar-refractivity contribution in [3.05, 3.63) is 27.9 Å². The molecule has 0 saturated carbocycles. The molecule has 0 radical (unpaired) electrons. The molecule has 1 aromatic rings. The Bertz CT molecular complexity index is 375. The zero-order valence-electron chi connectivity index (χ0n) is 8.13. The van der Waals surface area contributed by atoms with Crippen LogP contribution in [-0.4, -0.2) is 14.9 Å². The van der Waals surface area contributed by atoms with E-state index < -0.39 is 0 Å². The van der Waals surface area contributed by atoms with E-state index in [-0.39, 0.29) is 11.1 Å². The Kier molecular flexibility index (Phi) is 3.72. The quantitative estimate of drug-likeness (QED) is 0.796. The van der Waals surface area contributed by atoms with Gasteiger partial charge >= 0.3 is 5.69 Å². The molecular formula is C9H12BrClN2O. The molecule has 0 aromatic carbocycles. The van der Waals surface area contributed by atoms with Crippen LogP contribution in [0.25, 0.3) is 0 Å². The van der Waals surface area contributed by atoms with Gasteiger partial charge in [-0.15, -0.1) is 0 Å². The smallest absolute Gasteiger partial charge is 0.297 e. The van der Waals surface area contributed by atoms with Crippen molar-refractivity contribution in [3.63, 3.8) is 0 Å². The lowest BCUT2D eigenvalue weighted by molar-refractivity contribution is 0.346. The molecule has 0 fully saturated rings. The van der Waals surface area contributed by atoms with Crippen LogP contribution in [0, 0.1) is 5.41 Å². The maximum atomic E-state index is 11.3. The number of rotatable bonds is 3. The summed E-state index contributed by atoms with van der Waals surface area (Å²) in [6, 6.07) is 0. The summed E-state index contributed by atoms with van der Waals surface area (Å²) in [6.07, 6.45) is 2.98. The molecule has 5 heteroatoms. The van der Waals surface area contributed by atoms with Crippen LogP contribution in [-0.2, 0) is 6.54 Å². The van der Waals surface area contributed by atoms with E-state index in [1.807, 2.05) is 0 Å². The minimum Gasteiger partial charge on any atom is -0.297 e. The summed E-state index contributed by atoms with van der Waals surface area (Å²) in [6.45, 7) is 4.73. The predicted molar refractivity (Wildman–Crippen MR) is 61.1 cm³/mol. The Morgan fingerprint density at radius 1 is 1.64 bits per heavy atom. The van der Waals surface area contributed by atoms with Gasteiger partial charge in [-0.05, 0) is 5.41 Å². The van der Waals surface area contributed by atoms with E-state index in [1.54, 1.807) is 6.20 Å². The molecule has 78 valence electrons. The lowest BCUT2D eigenvalue weighted by Gasteiger charge is -2.22. The van der Waals surface area contributed by atoms with Crippen LogP contribution in [0.15, 0.2) is 17.2 Å². The van der Waals surface area contributed by atoms with Gasteiger partial charge in [0.2, 0.25) is 0 Å². The third-order valence-corrected chi connectivity index (χ3v) is 3.50. The second-order valence-corrected chi connectivity index (χ2v) is 4.98. The third kappa shape index (κ3) is 3.10. The minimum absolute atomic E-state index is 0.0101. The predicted octanol–water partition coefficient (Wildman–Crippen LogP) is 2.32. The standard InChI is InChI=1S/C9H12BrClN2O/c1-9(2,5-10)6-13-4-7(11)3-12-8(13)14/h3-4H,5-6H2,1-2H3. The molecule has 14 heavy (non-hydrogen) atoms. The Labute approximate surface area is 96.2 Å². The van der Waals surface area contributed by atoms with Gasteiger partial charge in [-0.3, -0.25) is 4.57 Å². The molecular weight excluding hydrogens is 267 g/mol. The van der Waals surface area contributed by atoms with E-state index in [0.717, 1.165) is 5.33 Å². The molecule has 0 saturated heterocycles. The van der Waals surface area contributed by atoms with Gasteiger partial charge in [-0.1, -0.05) is 41.4 Å². The van der Waals surface area contributed by atoms with Crippen molar-refractivity contribution in [3.8, 4) is 0 Å². The van der Waals surface area contributed by atoms with E-state index >= 15 is 0 Å². The second-order valence-electron chi connectivity index (χ2n) is 3.98. The molecule has 0 bridgehead atoms. The monoisotopic (exact) mass is 278 g/mol. The van der Waals surface area contributed by atoms with Crippen LogP contribution >= 0.6 is 27.5 Å². The van der Waals surface area contributed by atoms with Crippen molar-refractivity contribution in [2.24, 2.45) is 5.41 Å². The van der Waals surface area contributed by atoms with Gasteiger partial charge in [-0.25, -0.2) is 9.78 Å². The molecule has 0 spiro atoms. The zero-order chi connectivity index (χ0) is 10.8. The van der Waals surface area contributed by atoms with Gasteiger partial charge < -0.3 is 0 Å². The van der Waals surface area contributed by atoms with Crippen LogP contribution in [0.4, 0.5) is 0 Å². The molecule has 1 heterocycles. The topological polar surface area (TPSA) is 34.9 Å². The highest BCUT2D eigenvalue weighted by Gasteiger charge is 2.17. The Morgan fingerprint density at radius 2 is 2.29 bits per heavy atom. The van der Waals surface area contributed by atoms with E-state index in [2.05, 4.69) is 34.8 Å². The fraction of sp³-hybridized carbons (Fsp3) is 0.556. The highest BCUT2D eigenvalue weighted by Crippen LogP contribution is 2.20. The van der Waals surface area contributed by atoms with Gasteiger partial charge in [-0.2, -0.15) is 0 Å². The molecule has 0 aliphatic heterocycles. The molecule has 3 nitrogen and oxygen atoms in total. The average Bonchev–Trinajstić information content (AvgIpc) is 2.11. The summed E-state index contributed by atoms with van der Waals surface area (Å²) in [5.74, 6) is 0. The third-order valence-electron chi connectivity index (χ3n) is 1.78. The molecule has 0 atom stereocenters. The first-order chi connectivity index (χ1) is 6.44. The first-order valence-electron chi connectivity index (χ1n) is 4.22. The van der Waals surface area contributed by atoms with Gasteiger partial charge in [0.05, 0.1) is 11.2 Å². The van der Waals surface area contributed by atoms with Crippen LogP contribution in [0.2, 0.25) is 5.02 Å². The van der Waals surface area contributed by atoms with E-state index in [4.69, 9.17) is 11.6 Å². The van der Waals surface area contributed by atoms with Crippen LogP contribution in [0.5, 0.6) is 0 Å². The summed E-state index contributed by atoms with van der Waals surface area (Å²) < 4.78 is 1.53. The fourth-order valence-electron chi connectivity index (χ4n) is 1.05. The van der Waals surface area contributed by atoms with Crippen molar-refractivity contribution in [2.45, 2.75) is 20.4 Å². The SMILES string of the molecule is CC(C)(CBr)Cn1cc(Cl)cnc1=O. The molecule has 0 aliphatic carbocycles. The Morgan fingerprint density at radius 3 is 2.86 bits per heavy atom. The Hall–Kier alpha value is -0.350. The summed E-state index contributed by atoms with van der Waals surface area (Å²) in [4.78, 5) is 15.0. The highest BCUT2D eigenvalue weighted by atomic mass is 79.9. The van der Waals surface area contributed by atoms with Crippen LogP contribution in [0.3, 0.4) is 0 Å². The maximum Gasteiger partial charge on any atom is 0.347 e. The van der Waals surface area contributed by atoms with Gasteiger partial charge in [0.15, 0.2) is 0 Å². The normalized spacial score (nSPS) is 11.7. The average molecular weight is 280 g/mol. The number of aromatic nitrogens is 2. The summed E-state index contributed by atoms with van der Waals surface area (Å²) in [5.41, 5.74) is -0.251. The summed E-state index contributed by atoms with van der Waals surface area (Å²) in [5, 5.41) is 1.30. The molecule has 0 aliphatic rings. The minimum atomic E-state index is -0.261. The number of halogens is 2. The van der Waals surface area contributed by atoms with Crippen LogP contribution in [0.1, 0.15) is 13.8 Å². The molecule has 1 aromatic heterocycles. The zero-order valence-corrected chi connectivity index (χ0v) is 10.5. The van der Waals surface area contributed by atoms with Crippen molar-refractivity contribution >= 4 is 27.5 Å². The lowest BCUT2D eigenvalue weighted by atomic mass is 9.97. The van der Waals surface area contributed by atoms with E-state index in [9.17, 15) is 4.79 Å². The van der Waals surface area contributed by atoms with Gasteiger partial charge in [0.1, 0.15) is 0 Å². The maximum absolute atomic E-state index is 11.3. The molecule has 0 amide bonds. The molecule has 1 rings (SSSR count). The van der Waals surface area contributed by atoms with Crippen molar-refractivity contribution in [1.82, 2.24) is 9.55 Å². The first-order valence-corrected chi connectivity index (χ1v) is 5.72. The Balaban J connectivity index is 2.97. The molecule has 0 unspecified atom stereocenters. The largest absolute Gasteiger partial charge is 0.347 e. The number of alkyl halides is 1. The van der Waals surface area contributed by atoms with E-state index in [1.165, 1.54) is 10.8 Å². The highest BCUT2D eigenvalue weighted by molar-refractivity contribution is 9.09. The number of hydrogen-bond donors (Lipinski definition) is 0. The lowest BCUT2D eigenvalue weighted by Crippen LogP contribution is -2.30. The van der Waals surface area contributed by atoms with Gasteiger partial charge in [0, 0.05) is 18.1 Å². The first kappa shape index (κ1) is 11.7. The van der Waals surface area contributed by atoms with Crippen molar-refractivity contribution < 1.29 is 0 Å². The van der Waals surface area contributed by atoms with Gasteiger partial charge in [0.25, 0.3) is 0 Å². The molecule has 0 N–H and O–H groups in total. The number of nitrogens with zero attached hydrogens (tertiary/aromatic N) is 2. The fourth-order valence-corrected chi connectivity index (χ4v) is 1.39. The van der Waals surface area contributed by atoms with E-state index in [0.29, 0.717) is 11.6 Å². The second kappa shape index (κ2) is 4.45. The summed E-state index contributed by atoms with van der Waals surface area (Å²) >= 11 is 9.16. The summed E-state index contributed by atoms with van der Waals surface area (Å²) in [7, 11) is 0. The van der Waals surface area contributed by atoms with Crippen molar-refractivity contribution in [1.29, 1.82) is 0 Å². The van der Waals surface area contributed by atoms with Crippen LogP contribution < -0.4 is 5.69 Å².